The molecule has 1 saturated heterocycles. The van der Waals surface area contributed by atoms with Gasteiger partial charge in [-0.25, -0.2) is 0 Å². The number of carbonyl (C=O) groups is 1. The van der Waals surface area contributed by atoms with Crippen LogP contribution in [0, 0.1) is 5.92 Å². The van der Waals surface area contributed by atoms with Crippen molar-refractivity contribution in [3.63, 3.8) is 0 Å². The first-order valence-electron chi connectivity index (χ1n) is 5.16. The summed E-state index contributed by atoms with van der Waals surface area (Å²) in [6, 6.07) is 0.407. The lowest BCUT2D eigenvalue weighted by molar-refractivity contribution is -0.130. The molecule has 1 amide bonds. The lowest BCUT2D eigenvalue weighted by atomic mass is 10.1. The Morgan fingerprint density at radius 3 is 2.69 bits per heavy atom. The van der Waals surface area contributed by atoms with Crippen molar-refractivity contribution in [2.75, 3.05) is 6.54 Å². The van der Waals surface area contributed by atoms with Crippen LogP contribution < -0.4 is 0 Å². The Hall–Kier alpha value is -0.570. The van der Waals surface area contributed by atoms with Gasteiger partial charge in [-0.05, 0) is 18.8 Å². The lowest BCUT2D eigenvalue weighted by Gasteiger charge is -2.27. The number of aliphatic hydroxyl groups is 1. The van der Waals surface area contributed by atoms with Crippen molar-refractivity contribution in [3.8, 4) is 0 Å². The molecule has 1 N–H and O–H groups in total. The number of amides is 1. The molecule has 13 heavy (non-hydrogen) atoms. The van der Waals surface area contributed by atoms with E-state index in [0.29, 0.717) is 24.9 Å². The van der Waals surface area contributed by atoms with Gasteiger partial charge in [0.05, 0.1) is 12.5 Å². The minimum atomic E-state index is -0.416. The summed E-state index contributed by atoms with van der Waals surface area (Å²) >= 11 is 0. The summed E-state index contributed by atoms with van der Waals surface area (Å²) in [5, 5.41) is 9.35. The zero-order chi connectivity index (χ0) is 9.42. The van der Waals surface area contributed by atoms with Crippen LogP contribution in [0.25, 0.3) is 0 Å². The third-order valence-corrected chi connectivity index (χ3v) is 3.35. The first-order chi connectivity index (χ1) is 6.18. The van der Waals surface area contributed by atoms with E-state index in [9.17, 15) is 9.90 Å². The summed E-state index contributed by atoms with van der Waals surface area (Å²) in [4.78, 5) is 13.4. The molecule has 3 heteroatoms. The number of hydrogen-bond acceptors (Lipinski definition) is 2. The van der Waals surface area contributed by atoms with E-state index in [0.717, 1.165) is 6.42 Å². The Labute approximate surface area is 78.7 Å². The zero-order valence-electron chi connectivity index (χ0n) is 8.07. The van der Waals surface area contributed by atoms with E-state index in [-0.39, 0.29) is 5.91 Å². The van der Waals surface area contributed by atoms with E-state index in [1.807, 2.05) is 4.90 Å². The molecule has 0 spiro atoms. The standard InChI is InChI=1S/C10H17NO2/c1-7-3-2-4-9(7)11-6-8(12)5-10(11)13/h7-9,12H,2-6H2,1H3. The van der Waals surface area contributed by atoms with E-state index in [1.165, 1.54) is 12.8 Å². The number of β-amino-alcohol motifs (C(OH)–C–C–N with tert-alkyl or cyclic N) is 1. The first kappa shape index (κ1) is 9.00. The zero-order valence-corrected chi connectivity index (χ0v) is 8.07. The van der Waals surface area contributed by atoms with Crippen LogP contribution in [0.4, 0.5) is 0 Å². The highest BCUT2D eigenvalue weighted by Crippen LogP contribution is 2.31. The van der Waals surface area contributed by atoms with E-state index in [4.69, 9.17) is 0 Å². The average molecular weight is 183 g/mol. The monoisotopic (exact) mass is 183 g/mol. The van der Waals surface area contributed by atoms with Crippen LogP contribution in [-0.2, 0) is 4.79 Å². The van der Waals surface area contributed by atoms with Gasteiger partial charge in [0.2, 0.25) is 5.91 Å². The minimum Gasteiger partial charge on any atom is -0.391 e. The predicted molar refractivity (Wildman–Crippen MR) is 49.1 cm³/mol. The van der Waals surface area contributed by atoms with Crippen molar-refractivity contribution in [2.45, 2.75) is 44.8 Å². The highest BCUT2D eigenvalue weighted by Gasteiger charge is 2.37. The number of carbonyl (C=O) groups excluding carboxylic acids is 1. The van der Waals surface area contributed by atoms with E-state index < -0.39 is 6.10 Å². The highest BCUT2D eigenvalue weighted by atomic mass is 16.3. The molecule has 3 atom stereocenters. The fraction of sp³-hybridized carbons (Fsp3) is 0.900. The van der Waals surface area contributed by atoms with Gasteiger partial charge in [-0.3, -0.25) is 4.79 Å². The smallest absolute Gasteiger partial charge is 0.225 e. The number of rotatable bonds is 1. The van der Waals surface area contributed by atoms with E-state index in [2.05, 4.69) is 6.92 Å². The molecule has 0 radical (unpaired) electrons. The summed E-state index contributed by atoms with van der Waals surface area (Å²) < 4.78 is 0. The van der Waals surface area contributed by atoms with Gasteiger partial charge in [0, 0.05) is 12.6 Å². The second kappa shape index (κ2) is 3.29. The van der Waals surface area contributed by atoms with Crippen LogP contribution in [0.3, 0.4) is 0 Å². The maximum atomic E-state index is 11.5. The number of hydrogen-bond donors (Lipinski definition) is 1. The van der Waals surface area contributed by atoms with Gasteiger partial charge in [0.1, 0.15) is 0 Å². The average Bonchev–Trinajstić information content (AvgIpc) is 2.58. The minimum absolute atomic E-state index is 0.145. The van der Waals surface area contributed by atoms with Crippen molar-refractivity contribution < 1.29 is 9.90 Å². The Morgan fingerprint density at radius 2 is 2.23 bits per heavy atom. The topological polar surface area (TPSA) is 40.5 Å². The van der Waals surface area contributed by atoms with Crippen LogP contribution in [0.5, 0.6) is 0 Å². The summed E-state index contributed by atoms with van der Waals surface area (Å²) in [6.07, 6.45) is 3.50. The van der Waals surface area contributed by atoms with Crippen molar-refractivity contribution in [3.05, 3.63) is 0 Å². The highest BCUT2D eigenvalue weighted by molar-refractivity contribution is 5.79. The number of aliphatic hydroxyl groups excluding tert-OH is 1. The fourth-order valence-corrected chi connectivity index (χ4v) is 2.62. The third kappa shape index (κ3) is 1.57. The van der Waals surface area contributed by atoms with E-state index >= 15 is 0 Å². The van der Waals surface area contributed by atoms with Gasteiger partial charge in [-0.1, -0.05) is 13.3 Å². The molecule has 0 aromatic rings. The largest absolute Gasteiger partial charge is 0.391 e. The second-order valence-electron chi connectivity index (χ2n) is 4.38. The molecule has 0 bridgehead atoms. The molecule has 2 fully saturated rings. The van der Waals surface area contributed by atoms with Gasteiger partial charge < -0.3 is 10.0 Å². The SMILES string of the molecule is CC1CCCC1N1CC(O)CC1=O. The third-order valence-electron chi connectivity index (χ3n) is 3.35. The molecular formula is C10H17NO2. The van der Waals surface area contributed by atoms with Crippen LogP contribution in [0.15, 0.2) is 0 Å². The molecule has 0 aromatic heterocycles. The molecule has 2 aliphatic rings. The number of likely N-dealkylation sites (tertiary alicyclic amines) is 1. The van der Waals surface area contributed by atoms with Crippen LogP contribution in [0.1, 0.15) is 32.6 Å². The maximum Gasteiger partial charge on any atom is 0.225 e. The van der Waals surface area contributed by atoms with Gasteiger partial charge in [-0.15, -0.1) is 0 Å². The number of nitrogens with zero attached hydrogens (tertiary/aromatic N) is 1. The Morgan fingerprint density at radius 1 is 1.46 bits per heavy atom. The van der Waals surface area contributed by atoms with Gasteiger partial charge in [0.15, 0.2) is 0 Å². The maximum absolute atomic E-state index is 11.5. The van der Waals surface area contributed by atoms with Gasteiger partial charge in [0.25, 0.3) is 0 Å². The molecular weight excluding hydrogens is 166 g/mol. The predicted octanol–water partition coefficient (Wildman–Crippen LogP) is 0.768. The van der Waals surface area contributed by atoms with Gasteiger partial charge >= 0.3 is 0 Å². The van der Waals surface area contributed by atoms with Crippen molar-refractivity contribution in [2.24, 2.45) is 5.92 Å². The van der Waals surface area contributed by atoms with Crippen molar-refractivity contribution in [1.29, 1.82) is 0 Å². The Balaban J connectivity index is 2.04. The summed E-state index contributed by atoms with van der Waals surface area (Å²) in [7, 11) is 0. The van der Waals surface area contributed by atoms with Crippen molar-refractivity contribution in [1.82, 2.24) is 4.90 Å². The van der Waals surface area contributed by atoms with Crippen molar-refractivity contribution >= 4 is 5.91 Å². The first-order valence-corrected chi connectivity index (χ1v) is 5.16. The molecule has 1 heterocycles. The quantitative estimate of drug-likeness (QED) is 0.652. The molecule has 74 valence electrons. The molecule has 2 rings (SSSR count). The van der Waals surface area contributed by atoms with Gasteiger partial charge in [-0.2, -0.15) is 0 Å². The summed E-state index contributed by atoms with van der Waals surface area (Å²) in [6.45, 7) is 2.77. The van der Waals surface area contributed by atoms with E-state index in [1.54, 1.807) is 0 Å². The normalized spacial score (nSPS) is 40.3. The second-order valence-corrected chi connectivity index (χ2v) is 4.38. The van der Waals surface area contributed by atoms with Crippen LogP contribution in [0.2, 0.25) is 0 Å². The molecule has 1 aliphatic heterocycles. The molecule has 3 nitrogen and oxygen atoms in total. The Kier molecular flexibility index (Phi) is 2.28. The lowest BCUT2D eigenvalue weighted by Crippen LogP contribution is -2.38. The summed E-state index contributed by atoms with van der Waals surface area (Å²) in [5.41, 5.74) is 0. The molecule has 1 saturated carbocycles. The van der Waals surface area contributed by atoms with Crippen LogP contribution >= 0.6 is 0 Å². The fourth-order valence-electron chi connectivity index (χ4n) is 2.62. The Bertz CT molecular complexity index is 217. The molecule has 0 aromatic carbocycles. The molecule has 3 unspecified atom stereocenters. The molecule has 1 aliphatic carbocycles. The van der Waals surface area contributed by atoms with Crippen LogP contribution in [-0.4, -0.2) is 34.6 Å². The summed E-state index contributed by atoms with van der Waals surface area (Å²) in [5.74, 6) is 0.764.